The van der Waals surface area contributed by atoms with Gasteiger partial charge in [-0.05, 0) is 64.9 Å². The third kappa shape index (κ3) is 4.25. The summed E-state index contributed by atoms with van der Waals surface area (Å²) in [5.41, 5.74) is 2.51. The second-order valence-electron chi connectivity index (χ2n) is 4.34. The molecule has 2 rings (SSSR count). The van der Waals surface area contributed by atoms with Gasteiger partial charge in [0.1, 0.15) is 5.82 Å². The summed E-state index contributed by atoms with van der Waals surface area (Å²) in [6.45, 7) is 2.96. The first-order valence-electron chi connectivity index (χ1n) is 6.18. The van der Waals surface area contributed by atoms with Crippen LogP contribution in [0.4, 0.5) is 5.82 Å². The van der Waals surface area contributed by atoms with Crippen molar-refractivity contribution in [2.45, 2.75) is 18.2 Å². The van der Waals surface area contributed by atoms with Crippen LogP contribution in [0.1, 0.15) is 11.1 Å². The molecule has 0 fully saturated rings. The summed E-state index contributed by atoms with van der Waals surface area (Å²) in [4.78, 5) is 5.68. The van der Waals surface area contributed by atoms with Crippen LogP contribution in [-0.2, 0) is 6.42 Å². The van der Waals surface area contributed by atoms with E-state index < -0.39 is 0 Å². The van der Waals surface area contributed by atoms with Crippen LogP contribution in [0.5, 0.6) is 0 Å². The third-order valence-electron chi connectivity index (χ3n) is 2.91. The molecule has 0 saturated carbocycles. The molecule has 1 aromatic carbocycles. The monoisotopic (exact) mass is 336 g/mol. The summed E-state index contributed by atoms with van der Waals surface area (Å²) in [6.07, 6.45) is 4.92. The average Bonchev–Trinajstić information content (AvgIpc) is 2.42. The molecule has 0 bridgehead atoms. The number of nitrogens with one attached hydrogen (secondary N) is 1. The Kier molecular flexibility index (Phi) is 5.28. The number of hydrogen-bond acceptors (Lipinski definition) is 3. The highest BCUT2D eigenvalue weighted by molar-refractivity contribution is 9.10. The van der Waals surface area contributed by atoms with E-state index in [-0.39, 0.29) is 0 Å². The Morgan fingerprint density at radius 1 is 1.26 bits per heavy atom. The van der Waals surface area contributed by atoms with E-state index in [2.05, 4.69) is 69.7 Å². The number of nitrogens with zero attached hydrogens (tertiary/aromatic N) is 1. The van der Waals surface area contributed by atoms with Crippen LogP contribution < -0.4 is 5.32 Å². The van der Waals surface area contributed by atoms with Gasteiger partial charge < -0.3 is 5.32 Å². The maximum Gasteiger partial charge on any atom is 0.128 e. The van der Waals surface area contributed by atoms with Crippen molar-refractivity contribution in [1.82, 2.24) is 4.98 Å². The van der Waals surface area contributed by atoms with Gasteiger partial charge in [0.05, 0.1) is 0 Å². The highest BCUT2D eigenvalue weighted by Gasteiger charge is 2.00. The first-order valence-corrected chi connectivity index (χ1v) is 8.20. The Labute approximate surface area is 127 Å². The van der Waals surface area contributed by atoms with E-state index in [1.807, 2.05) is 6.20 Å². The van der Waals surface area contributed by atoms with Crippen LogP contribution in [0.2, 0.25) is 0 Å². The van der Waals surface area contributed by atoms with Gasteiger partial charge in [-0.3, -0.25) is 0 Å². The number of halogens is 1. The average molecular weight is 337 g/mol. The lowest BCUT2D eigenvalue weighted by molar-refractivity contribution is 0.998. The lowest BCUT2D eigenvalue weighted by atomic mass is 10.1. The number of aromatic nitrogens is 1. The van der Waals surface area contributed by atoms with Gasteiger partial charge in [-0.2, -0.15) is 0 Å². The molecule has 0 atom stereocenters. The SMILES string of the molecule is CSc1ccc(CCNc2ncc(Br)cc2C)cc1. The Bertz CT molecular complexity index is 540. The van der Waals surface area contributed by atoms with Crippen LogP contribution in [0.25, 0.3) is 0 Å². The minimum absolute atomic E-state index is 0.897. The number of hydrogen-bond donors (Lipinski definition) is 1. The van der Waals surface area contributed by atoms with E-state index in [0.29, 0.717) is 0 Å². The van der Waals surface area contributed by atoms with Gasteiger partial charge >= 0.3 is 0 Å². The molecule has 0 amide bonds. The van der Waals surface area contributed by atoms with Crippen LogP contribution in [0.3, 0.4) is 0 Å². The summed E-state index contributed by atoms with van der Waals surface area (Å²) >= 11 is 5.19. The van der Waals surface area contributed by atoms with Crippen molar-refractivity contribution in [3.05, 3.63) is 52.1 Å². The maximum absolute atomic E-state index is 4.38. The summed E-state index contributed by atoms with van der Waals surface area (Å²) < 4.78 is 1.02. The lowest BCUT2D eigenvalue weighted by Gasteiger charge is -2.09. The first kappa shape index (κ1) is 14.4. The molecule has 1 heterocycles. The molecule has 0 saturated heterocycles. The zero-order valence-corrected chi connectivity index (χ0v) is 13.5. The lowest BCUT2D eigenvalue weighted by Crippen LogP contribution is -2.07. The summed E-state index contributed by atoms with van der Waals surface area (Å²) in [6, 6.07) is 10.8. The molecule has 0 spiro atoms. The van der Waals surface area contributed by atoms with E-state index in [0.717, 1.165) is 28.8 Å². The molecule has 0 unspecified atom stereocenters. The van der Waals surface area contributed by atoms with Crippen LogP contribution >= 0.6 is 27.7 Å². The molecule has 1 aromatic heterocycles. The van der Waals surface area contributed by atoms with Crippen LogP contribution in [0.15, 0.2) is 45.9 Å². The zero-order chi connectivity index (χ0) is 13.7. The fraction of sp³-hybridized carbons (Fsp3) is 0.267. The molecule has 0 aliphatic carbocycles. The Hall–Kier alpha value is -1.00. The predicted molar refractivity (Wildman–Crippen MR) is 87.1 cm³/mol. The quantitative estimate of drug-likeness (QED) is 0.812. The Morgan fingerprint density at radius 3 is 2.63 bits per heavy atom. The number of pyridine rings is 1. The molecular weight excluding hydrogens is 320 g/mol. The van der Waals surface area contributed by atoms with Crippen molar-refractivity contribution in [2.75, 3.05) is 18.1 Å². The van der Waals surface area contributed by atoms with E-state index in [1.165, 1.54) is 10.5 Å². The van der Waals surface area contributed by atoms with E-state index >= 15 is 0 Å². The van der Waals surface area contributed by atoms with E-state index in [4.69, 9.17) is 0 Å². The minimum atomic E-state index is 0.897. The number of anilines is 1. The predicted octanol–water partition coefficient (Wildman–Crippen LogP) is 4.53. The van der Waals surface area contributed by atoms with Crippen LogP contribution in [-0.4, -0.2) is 17.8 Å². The van der Waals surface area contributed by atoms with Gasteiger partial charge in [-0.15, -0.1) is 11.8 Å². The molecule has 1 N–H and O–H groups in total. The standard InChI is InChI=1S/C15H17BrN2S/c1-11-9-13(16)10-18-15(11)17-8-7-12-3-5-14(19-2)6-4-12/h3-6,9-10H,7-8H2,1-2H3,(H,17,18). The normalized spacial score (nSPS) is 10.5. The largest absolute Gasteiger partial charge is 0.370 e. The number of benzene rings is 1. The summed E-state index contributed by atoms with van der Waals surface area (Å²) in [5.74, 6) is 0.962. The highest BCUT2D eigenvalue weighted by Crippen LogP contribution is 2.17. The van der Waals surface area contributed by atoms with Gasteiger partial charge in [-0.25, -0.2) is 4.98 Å². The molecule has 0 radical (unpaired) electrons. The van der Waals surface area contributed by atoms with Crippen molar-refractivity contribution < 1.29 is 0 Å². The molecule has 0 aliphatic heterocycles. The van der Waals surface area contributed by atoms with Gasteiger partial charge in [-0.1, -0.05) is 12.1 Å². The first-order chi connectivity index (χ1) is 9.19. The summed E-state index contributed by atoms with van der Waals surface area (Å²) in [7, 11) is 0. The molecule has 4 heteroatoms. The molecule has 19 heavy (non-hydrogen) atoms. The highest BCUT2D eigenvalue weighted by atomic mass is 79.9. The fourth-order valence-corrected chi connectivity index (χ4v) is 2.70. The molecule has 100 valence electrons. The van der Waals surface area contributed by atoms with Crippen molar-refractivity contribution in [3.8, 4) is 0 Å². The van der Waals surface area contributed by atoms with Crippen molar-refractivity contribution in [2.24, 2.45) is 0 Å². The van der Waals surface area contributed by atoms with Crippen molar-refractivity contribution in [1.29, 1.82) is 0 Å². The van der Waals surface area contributed by atoms with E-state index in [9.17, 15) is 0 Å². The van der Waals surface area contributed by atoms with Gasteiger partial charge in [0, 0.05) is 22.1 Å². The van der Waals surface area contributed by atoms with Crippen molar-refractivity contribution in [3.63, 3.8) is 0 Å². The third-order valence-corrected chi connectivity index (χ3v) is 4.09. The second kappa shape index (κ2) is 6.96. The van der Waals surface area contributed by atoms with Gasteiger partial charge in [0.15, 0.2) is 0 Å². The zero-order valence-electron chi connectivity index (χ0n) is 11.1. The molecule has 2 aromatic rings. The molecular formula is C15H17BrN2S. The number of rotatable bonds is 5. The molecule has 2 nitrogen and oxygen atoms in total. The maximum atomic E-state index is 4.38. The minimum Gasteiger partial charge on any atom is -0.370 e. The topological polar surface area (TPSA) is 24.9 Å². The summed E-state index contributed by atoms with van der Waals surface area (Å²) in [5, 5.41) is 3.38. The Balaban J connectivity index is 1.88. The Morgan fingerprint density at radius 2 is 2.00 bits per heavy atom. The number of aryl methyl sites for hydroxylation is 1. The van der Waals surface area contributed by atoms with E-state index in [1.54, 1.807) is 11.8 Å². The van der Waals surface area contributed by atoms with Gasteiger partial charge in [0.2, 0.25) is 0 Å². The van der Waals surface area contributed by atoms with Crippen molar-refractivity contribution >= 4 is 33.5 Å². The smallest absolute Gasteiger partial charge is 0.128 e. The second-order valence-corrected chi connectivity index (χ2v) is 6.14. The van der Waals surface area contributed by atoms with Gasteiger partial charge in [0.25, 0.3) is 0 Å². The fourth-order valence-electron chi connectivity index (χ4n) is 1.84. The van der Waals surface area contributed by atoms with Crippen LogP contribution in [0, 0.1) is 6.92 Å². The number of thioether (sulfide) groups is 1. The molecule has 0 aliphatic rings.